The molecule has 0 aliphatic rings. The fourth-order valence-electron chi connectivity index (χ4n) is 5.72. The lowest BCUT2D eigenvalue weighted by Crippen LogP contribution is -2.36. The lowest BCUT2D eigenvalue weighted by Gasteiger charge is -2.28. The minimum absolute atomic E-state index is 0.271. The molecule has 300 valence electrons. The Morgan fingerprint density at radius 2 is 1.64 bits per heavy atom. The van der Waals surface area contributed by atoms with Gasteiger partial charge in [-0.2, -0.15) is 0 Å². The summed E-state index contributed by atoms with van der Waals surface area (Å²) in [6.07, 6.45) is 14.8. The van der Waals surface area contributed by atoms with Crippen LogP contribution in [0, 0.1) is 5.82 Å². The van der Waals surface area contributed by atoms with E-state index in [0.29, 0.717) is 24.2 Å². The largest absolute Gasteiger partial charge is 0.456 e. The van der Waals surface area contributed by atoms with Gasteiger partial charge in [-0.05, 0) is 87.3 Å². The van der Waals surface area contributed by atoms with Gasteiger partial charge in [-0.1, -0.05) is 108 Å². The van der Waals surface area contributed by atoms with Gasteiger partial charge in [0.1, 0.15) is 22.8 Å². The molecule has 0 unspecified atom stereocenters. The van der Waals surface area contributed by atoms with Crippen LogP contribution in [0.25, 0.3) is 28.0 Å². The molecule has 0 fully saturated rings. The van der Waals surface area contributed by atoms with E-state index >= 15 is 0 Å². The van der Waals surface area contributed by atoms with Crippen LogP contribution in [-0.4, -0.2) is 49.2 Å². The van der Waals surface area contributed by atoms with E-state index in [0.717, 1.165) is 40.5 Å². The maximum absolute atomic E-state index is 14.5. The van der Waals surface area contributed by atoms with Crippen LogP contribution < -0.4 is 10.6 Å². The van der Waals surface area contributed by atoms with E-state index in [1.54, 1.807) is 36.2 Å². The summed E-state index contributed by atoms with van der Waals surface area (Å²) in [5, 5.41) is 8.48. The predicted molar refractivity (Wildman–Crippen MR) is 238 cm³/mol. The van der Waals surface area contributed by atoms with Gasteiger partial charge in [-0.25, -0.2) is 9.38 Å². The maximum Gasteiger partial charge on any atom is 0.167 e. The number of carbonyl (C=O) groups is 1. The molecule has 7 nitrogen and oxygen atoms in total. The molecule has 0 aliphatic heterocycles. The number of nitrogens with zero attached hydrogens (tertiary/aromatic N) is 3. The van der Waals surface area contributed by atoms with Crippen molar-refractivity contribution in [2.75, 3.05) is 27.2 Å². The fourth-order valence-corrected chi connectivity index (χ4v) is 5.72. The normalized spacial score (nSPS) is 11.7. The highest BCUT2D eigenvalue weighted by molar-refractivity contribution is 6.05. The Kier molecular flexibility index (Phi) is 20.9. The van der Waals surface area contributed by atoms with Crippen LogP contribution in [-0.2, 0) is 16.8 Å². The summed E-state index contributed by atoms with van der Waals surface area (Å²) in [6, 6.07) is 22.4. The molecule has 3 aromatic carbocycles. The van der Waals surface area contributed by atoms with Crippen molar-refractivity contribution >= 4 is 40.1 Å². The van der Waals surface area contributed by atoms with E-state index < -0.39 is 11.4 Å². The van der Waals surface area contributed by atoms with Crippen LogP contribution in [0.5, 0.6) is 0 Å². The summed E-state index contributed by atoms with van der Waals surface area (Å²) >= 11 is 0. The molecular formula is C48H64FN5O2. The van der Waals surface area contributed by atoms with Gasteiger partial charge in [0.15, 0.2) is 6.29 Å². The number of para-hydroxylation sites is 1. The molecule has 0 amide bonds. The molecular weight excluding hydrogens is 698 g/mol. The first-order valence-corrected chi connectivity index (χ1v) is 19.8. The number of pyridine rings is 1. The maximum atomic E-state index is 14.5. The summed E-state index contributed by atoms with van der Waals surface area (Å²) in [7, 11) is 3.76. The summed E-state index contributed by atoms with van der Waals surface area (Å²) in [5.41, 5.74) is 6.62. The van der Waals surface area contributed by atoms with E-state index in [9.17, 15) is 9.18 Å². The van der Waals surface area contributed by atoms with Gasteiger partial charge in [0.05, 0.1) is 23.0 Å². The van der Waals surface area contributed by atoms with Crippen molar-refractivity contribution in [3.05, 3.63) is 143 Å². The number of aldehydes is 1. The lowest BCUT2D eigenvalue weighted by molar-refractivity contribution is -0.105. The Morgan fingerprint density at radius 1 is 0.964 bits per heavy atom. The minimum atomic E-state index is -0.597. The van der Waals surface area contributed by atoms with Crippen molar-refractivity contribution in [3.63, 3.8) is 0 Å². The molecule has 2 N–H and O–H groups in total. The van der Waals surface area contributed by atoms with Gasteiger partial charge in [0.2, 0.25) is 0 Å². The number of carbonyl (C=O) groups excluding carboxylic acids is 1. The van der Waals surface area contributed by atoms with Crippen molar-refractivity contribution in [3.8, 4) is 0 Å². The number of unbranched alkanes of at least 4 members (excludes halogenated alkanes) is 1. The molecule has 0 bridgehead atoms. The van der Waals surface area contributed by atoms with Crippen LogP contribution in [0.2, 0.25) is 0 Å². The number of aliphatic imine (C=N–C) groups is 1. The number of benzene rings is 3. The standard InChI is InChI=1S/C29H28FN3O2.C13H20N2.C4H10.C2H6/c1-5-16-33(4)28(23-11-6-8-12-25(23)30)31-18-21(19-34)32-29(2,3)20-14-15-27-24(17-20)22-10-7-9-13-26(22)35-27;1-4-5-12-6-7-15-10-13(12)8-11(2)9-14-3;1-3-4-2;1-2/h5-15,17-19,32H,1,16H2,2-4H3;6-8,10,14H,4-5,9H2,1-3H3;3-4H2,1-2H3;1-2H3/b21-18+,31-28?;11-8+;;. The van der Waals surface area contributed by atoms with Crippen LogP contribution in [0.15, 0.2) is 125 Å². The zero-order valence-corrected chi connectivity index (χ0v) is 35.4. The molecule has 8 heteroatoms. The molecule has 0 radical (unpaired) electrons. The number of amidine groups is 1. The van der Waals surface area contributed by atoms with E-state index in [-0.39, 0.29) is 5.70 Å². The van der Waals surface area contributed by atoms with Gasteiger partial charge in [0.25, 0.3) is 0 Å². The lowest BCUT2D eigenvalue weighted by atomic mass is 9.92. The van der Waals surface area contributed by atoms with Gasteiger partial charge < -0.3 is 20.0 Å². The van der Waals surface area contributed by atoms with Gasteiger partial charge >= 0.3 is 0 Å². The summed E-state index contributed by atoms with van der Waals surface area (Å²) in [5.74, 6) is 0.00499. The second-order valence-corrected chi connectivity index (χ2v) is 13.7. The second-order valence-electron chi connectivity index (χ2n) is 13.7. The molecule has 0 saturated carbocycles. The Labute approximate surface area is 335 Å². The first-order valence-electron chi connectivity index (χ1n) is 19.8. The number of halogens is 1. The molecule has 0 aliphatic carbocycles. The zero-order chi connectivity index (χ0) is 41.5. The Hall–Kier alpha value is -5.34. The third-order valence-electron chi connectivity index (χ3n) is 8.71. The van der Waals surface area contributed by atoms with Crippen molar-refractivity contribution in [2.24, 2.45) is 4.99 Å². The van der Waals surface area contributed by atoms with E-state index in [1.165, 1.54) is 48.2 Å². The van der Waals surface area contributed by atoms with Crippen LogP contribution in [0.1, 0.15) is 96.9 Å². The quantitative estimate of drug-likeness (QED) is 0.0385. The summed E-state index contributed by atoms with van der Waals surface area (Å²) < 4.78 is 20.4. The number of fused-ring (bicyclic) bond motifs is 3. The predicted octanol–water partition coefficient (Wildman–Crippen LogP) is 11.6. The van der Waals surface area contributed by atoms with Crippen LogP contribution in [0.3, 0.4) is 0 Å². The average Bonchev–Trinajstić information content (AvgIpc) is 3.58. The molecule has 0 atom stereocenters. The molecule has 0 saturated heterocycles. The SMILES string of the molecule is C=CCN(C)C(=N/C=C(\C=O)NC(C)(C)c1ccc2oc3ccccc3c2c1)c1ccccc1F.CC.CCCC.CCCc1ccncc1/C=C(\C)CNC. The number of allylic oxidation sites excluding steroid dienone is 1. The second kappa shape index (κ2) is 24.9. The highest BCUT2D eigenvalue weighted by Gasteiger charge is 2.23. The monoisotopic (exact) mass is 762 g/mol. The highest BCUT2D eigenvalue weighted by atomic mass is 19.1. The molecule has 56 heavy (non-hydrogen) atoms. The number of aromatic nitrogens is 1. The number of hydrogen-bond acceptors (Lipinski definition) is 6. The Morgan fingerprint density at radius 3 is 2.29 bits per heavy atom. The first kappa shape index (κ1) is 46.8. The van der Waals surface area contributed by atoms with Crippen molar-refractivity contribution < 1.29 is 13.6 Å². The van der Waals surface area contributed by atoms with Crippen molar-refractivity contribution in [1.82, 2.24) is 20.5 Å². The Bertz CT molecular complexity index is 2040. The molecule has 5 rings (SSSR count). The van der Waals surface area contributed by atoms with Crippen LogP contribution in [0.4, 0.5) is 4.39 Å². The third-order valence-corrected chi connectivity index (χ3v) is 8.71. The number of furan rings is 1. The number of likely N-dealkylation sites (N-methyl/N-ethyl adjacent to an activating group) is 2. The first-order chi connectivity index (χ1) is 27.0. The summed E-state index contributed by atoms with van der Waals surface area (Å²) in [4.78, 5) is 22.4. The highest BCUT2D eigenvalue weighted by Crippen LogP contribution is 2.32. The third kappa shape index (κ3) is 14.1. The molecule has 0 spiro atoms. The molecule has 2 aromatic heterocycles. The fraction of sp³-hybridized carbons (Fsp3) is 0.354. The smallest absolute Gasteiger partial charge is 0.167 e. The Balaban J connectivity index is 0.000000428. The number of hydrogen-bond donors (Lipinski definition) is 2. The van der Waals surface area contributed by atoms with E-state index in [1.807, 2.05) is 83.5 Å². The zero-order valence-electron chi connectivity index (χ0n) is 35.4. The average molecular weight is 762 g/mol. The summed E-state index contributed by atoms with van der Waals surface area (Å²) in [6.45, 7) is 21.8. The van der Waals surface area contributed by atoms with Gasteiger partial charge in [-0.15, -0.1) is 6.58 Å². The molecule has 2 heterocycles. The number of rotatable bonds is 14. The van der Waals surface area contributed by atoms with Crippen molar-refractivity contribution in [2.45, 2.75) is 86.6 Å². The van der Waals surface area contributed by atoms with Gasteiger partial charge in [0, 0.05) is 43.3 Å². The number of aryl methyl sites for hydroxylation is 1. The van der Waals surface area contributed by atoms with Crippen LogP contribution >= 0.6 is 0 Å². The number of nitrogens with one attached hydrogen (secondary N) is 2. The van der Waals surface area contributed by atoms with E-state index in [2.05, 4.69) is 73.1 Å². The van der Waals surface area contributed by atoms with Crippen molar-refractivity contribution in [1.29, 1.82) is 0 Å². The topological polar surface area (TPSA) is 82.8 Å². The van der Waals surface area contributed by atoms with Gasteiger partial charge in [-0.3, -0.25) is 9.78 Å². The minimum Gasteiger partial charge on any atom is -0.456 e. The molecule has 5 aromatic rings. The van der Waals surface area contributed by atoms with E-state index in [4.69, 9.17) is 4.42 Å².